The summed E-state index contributed by atoms with van der Waals surface area (Å²) in [6, 6.07) is 6.41. The van der Waals surface area contributed by atoms with Gasteiger partial charge in [0.05, 0.1) is 19.3 Å². The van der Waals surface area contributed by atoms with Gasteiger partial charge in [-0.2, -0.15) is 0 Å². The van der Waals surface area contributed by atoms with E-state index in [1.807, 2.05) is 19.2 Å². The smallest absolute Gasteiger partial charge is 0.127 e. The zero-order valence-electron chi connectivity index (χ0n) is 11.9. The van der Waals surface area contributed by atoms with Gasteiger partial charge in [-0.05, 0) is 19.2 Å². The Labute approximate surface area is 119 Å². The summed E-state index contributed by atoms with van der Waals surface area (Å²) in [6.45, 7) is 6.01. The second kappa shape index (κ2) is 6.43. The third-order valence-corrected chi connectivity index (χ3v) is 3.89. The first-order valence-electron chi connectivity index (χ1n) is 7.24. The van der Waals surface area contributed by atoms with Crippen molar-refractivity contribution in [1.82, 2.24) is 10.2 Å². The van der Waals surface area contributed by atoms with Gasteiger partial charge < -0.3 is 19.5 Å². The molecular formula is C15H22N2O3. The Morgan fingerprint density at radius 1 is 1.35 bits per heavy atom. The molecule has 1 fully saturated rings. The zero-order chi connectivity index (χ0) is 13.8. The summed E-state index contributed by atoms with van der Waals surface area (Å²) < 4.78 is 16.8. The maximum Gasteiger partial charge on any atom is 0.127 e. The van der Waals surface area contributed by atoms with Crippen molar-refractivity contribution in [2.45, 2.75) is 6.04 Å². The van der Waals surface area contributed by atoms with Crippen LogP contribution in [0.15, 0.2) is 18.2 Å². The van der Waals surface area contributed by atoms with Crippen LogP contribution in [0.3, 0.4) is 0 Å². The molecule has 0 radical (unpaired) electrons. The number of rotatable bonds is 5. The largest absolute Gasteiger partial charge is 0.492 e. The van der Waals surface area contributed by atoms with E-state index in [4.69, 9.17) is 14.2 Å². The highest BCUT2D eigenvalue weighted by molar-refractivity contribution is 5.44. The molecule has 2 heterocycles. The molecule has 0 bridgehead atoms. The molecule has 20 heavy (non-hydrogen) atoms. The molecule has 110 valence electrons. The predicted molar refractivity (Wildman–Crippen MR) is 76.5 cm³/mol. The van der Waals surface area contributed by atoms with Gasteiger partial charge in [-0.25, -0.2) is 0 Å². The van der Waals surface area contributed by atoms with Crippen molar-refractivity contribution in [3.05, 3.63) is 23.8 Å². The normalized spacial score (nSPS) is 22.4. The highest BCUT2D eigenvalue weighted by Crippen LogP contribution is 2.34. The summed E-state index contributed by atoms with van der Waals surface area (Å²) in [5.74, 6) is 1.82. The van der Waals surface area contributed by atoms with Crippen LogP contribution < -0.4 is 14.8 Å². The lowest BCUT2D eigenvalue weighted by Gasteiger charge is -2.26. The Hall–Kier alpha value is -1.30. The molecule has 2 aliphatic rings. The standard InChI is InChI=1S/C15H22N2O3/c1-16-14-11-20-15-10-12(2-3-13(14)15)19-9-6-17-4-7-18-8-5-17/h2-3,10,14,16H,4-9,11H2,1H3. The molecule has 5 nitrogen and oxygen atoms in total. The van der Waals surface area contributed by atoms with Crippen LogP contribution in [-0.2, 0) is 4.74 Å². The number of morpholine rings is 1. The molecule has 0 aliphatic carbocycles. The van der Waals surface area contributed by atoms with Gasteiger partial charge in [-0.1, -0.05) is 0 Å². The van der Waals surface area contributed by atoms with Crippen molar-refractivity contribution in [1.29, 1.82) is 0 Å². The number of benzene rings is 1. The lowest BCUT2D eigenvalue weighted by Crippen LogP contribution is -2.38. The Kier molecular flexibility index (Phi) is 4.40. The van der Waals surface area contributed by atoms with Crippen LogP contribution in [0.5, 0.6) is 11.5 Å². The Bertz CT molecular complexity index is 447. The number of ether oxygens (including phenoxy) is 3. The molecule has 0 aromatic heterocycles. The molecule has 5 heteroatoms. The van der Waals surface area contributed by atoms with Gasteiger partial charge in [0.15, 0.2) is 0 Å². The lowest BCUT2D eigenvalue weighted by molar-refractivity contribution is 0.0322. The van der Waals surface area contributed by atoms with Crippen molar-refractivity contribution >= 4 is 0 Å². The topological polar surface area (TPSA) is 43.0 Å². The lowest BCUT2D eigenvalue weighted by atomic mass is 10.1. The molecule has 0 spiro atoms. The van der Waals surface area contributed by atoms with Crippen molar-refractivity contribution in [2.24, 2.45) is 0 Å². The van der Waals surface area contributed by atoms with Crippen LogP contribution in [0.2, 0.25) is 0 Å². The van der Waals surface area contributed by atoms with Gasteiger partial charge in [0.2, 0.25) is 0 Å². The van der Waals surface area contributed by atoms with Crippen LogP contribution in [0, 0.1) is 0 Å². The van der Waals surface area contributed by atoms with Crippen molar-refractivity contribution < 1.29 is 14.2 Å². The Morgan fingerprint density at radius 2 is 2.20 bits per heavy atom. The van der Waals surface area contributed by atoms with E-state index in [1.165, 1.54) is 5.56 Å². The maximum absolute atomic E-state index is 5.82. The van der Waals surface area contributed by atoms with E-state index < -0.39 is 0 Å². The van der Waals surface area contributed by atoms with E-state index in [0.29, 0.717) is 19.3 Å². The summed E-state index contributed by atoms with van der Waals surface area (Å²) in [7, 11) is 1.95. The molecule has 0 amide bonds. The van der Waals surface area contributed by atoms with Crippen LogP contribution >= 0.6 is 0 Å². The molecule has 1 atom stereocenters. The summed E-state index contributed by atoms with van der Waals surface area (Å²) in [4.78, 5) is 2.37. The first-order valence-corrected chi connectivity index (χ1v) is 7.24. The van der Waals surface area contributed by atoms with Gasteiger partial charge >= 0.3 is 0 Å². The third kappa shape index (κ3) is 3.06. The van der Waals surface area contributed by atoms with E-state index in [1.54, 1.807) is 0 Å². The number of hydrogen-bond donors (Lipinski definition) is 1. The minimum atomic E-state index is 0.299. The van der Waals surface area contributed by atoms with E-state index >= 15 is 0 Å². The quantitative estimate of drug-likeness (QED) is 0.872. The molecule has 2 aliphatic heterocycles. The van der Waals surface area contributed by atoms with Gasteiger partial charge in [-0.3, -0.25) is 4.90 Å². The van der Waals surface area contributed by atoms with E-state index in [-0.39, 0.29) is 0 Å². The van der Waals surface area contributed by atoms with Crippen molar-refractivity contribution in [2.75, 3.05) is 53.1 Å². The molecular weight excluding hydrogens is 256 g/mol. The van der Waals surface area contributed by atoms with Crippen LogP contribution in [0.4, 0.5) is 0 Å². The third-order valence-electron chi connectivity index (χ3n) is 3.89. The number of hydrogen-bond acceptors (Lipinski definition) is 5. The first kappa shape index (κ1) is 13.7. The molecule has 1 aromatic rings. The summed E-state index contributed by atoms with van der Waals surface area (Å²) in [6.07, 6.45) is 0. The monoisotopic (exact) mass is 278 g/mol. The van der Waals surface area contributed by atoms with Gasteiger partial charge in [-0.15, -0.1) is 0 Å². The second-order valence-corrected chi connectivity index (χ2v) is 5.15. The maximum atomic E-state index is 5.82. The fraction of sp³-hybridized carbons (Fsp3) is 0.600. The van der Waals surface area contributed by atoms with Crippen LogP contribution in [0.25, 0.3) is 0 Å². The second-order valence-electron chi connectivity index (χ2n) is 5.15. The van der Waals surface area contributed by atoms with E-state index in [2.05, 4.69) is 16.3 Å². The fourth-order valence-electron chi connectivity index (χ4n) is 2.64. The van der Waals surface area contributed by atoms with Crippen LogP contribution in [0.1, 0.15) is 11.6 Å². The minimum absolute atomic E-state index is 0.299. The van der Waals surface area contributed by atoms with E-state index in [9.17, 15) is 0 Å². The summed E-state index contributed by atoms with van der Waals surface area (Å²) >= 11 is 0. The summed E-state index contributed by atoms with van der Waals surface area (Å²) in [5, 5.41) is 3.24. The zero-order valence-corrected chi connectivity index (χ0v) is 11.9. The van der Waals surface area contributed by atoms with Gasteiger partial charge in [0.25, 0.3) is 0 Å². The molecule has 3 rings (SSSR count). The van der Waals surface area contributed by atoms with Crippen molar-refractivity contribution in [3.63, 3.8) is 0 Å². The minimum Gasteiger partial charge on any atom is -0.492 e. The molecule has 1 unspecified atom stereocenters. The number of fused-ring (bicyclic) bond motifs is 1. The highest BCUT2D eigenvalue weighted by Gasteiger charge is 2.22. The molecule has 0 saturated carbocycles. The number of likely N-dealkylation sites (N-methyl/N-ethyl adjacent to an activating group) is 1. The first-order chi connectivity index (χ1) is 9.86. The highest BCUT2D eigenvalue weighted by atomic mass is 16.5. The predicted octanol–water partition coefficient (Wildman–Crippen LogP) is 1.05. The van der Waals surface area contributed by atoms with Gasteiger partial charge in [0, 0.05) is 31.3 Å². The SMILES string of the molecule is CNC1COc2cc(OCCN3CCOCC3)ccc21. The van der Waals surface area contributed by atoms with Gasteiger partial charge in [0.1, 0.15) is 24.7 Å². The summed E-state index contributed by atoms with van der Waals surface area (Å²) in [5.41, 5.74) is 1.22. The Morgan fingerprint density at radius 3 is 3.00 bits per heavy atom. The average Bonchev–Trinajstić information content (AvgIpc) is 2.90. The fourth-order valence-corrected chi connectivity index (χ4v) is 2.64. The van der Waals surface area contributed by atoms with Crippen LogP contribution in [-0.4, -0.2) is 58.0 Å². The van der Waals surface area contributed by atoms with E-state index in [0.717, 1.165) is 44.3 Å². The van der Waals surface area contributed by atoms with Crippen molar-refractivity contribution in [3.8, 4) is 11.5 Å². The Balaban J connectivity index is 1.51. The molecule has 1 saturated heterocycles. The molecule has 1 aromatic carbocycles. The molecule has 1 N–H and O–H groups in total. The average molecular weight is 278 g/mol. The number of nitrogens with one attached hydrogen (secondary N) is 1. The number of nitrogens with zero attached hydrogens (tertiary/aromatic N) is 1.